The lowest BCUT2D eigenvalue weighted by Gasteiger charge is -2.25. The van der Waals surface area contributed by atoms with E-state index < -0.39 is 5.56 Å². The molecule has 0 atom stereocenters. The number of aromatic nitrogens is 3. The van der Waals surface area contributed by atoms with Crippen LogP contribution in [0.25, 0.3) is 4.96 Å². The number of anilines is 1. The molecule has 0 radical (unpaired) electrons. The van der Waals surface area contributed by atoms with Gasteiger partial charge in [0, 0.05) is 30.7 Å². The molecule has 1 aliphatic heterocycles. The number of piperidine rings is 1. The molecular weight excluding hydrogens is 386 g/mol. The molecule has 9 heteroatoms. The summed E-state index contributed by atoms with van der Waals surface area (Å²) in [7, 11) is 0. The Balaban J connectivity index is 1.62. The maximum Gasteiger partial charge on any atom is 0.274 e. The Hall–Kier alpha value is -2.45. The van der Waals surface area contributed by atoms with Gasteiger partial charge in [-0.05, 0) is 30.9 Å². The molecule has 0 bridgehead atoms. The molecule has 1 fully saturated rings. The second kappa shape index (κ2) is 7.66. The van der Waals surface area contributed by atoms with Crippen molar-refractivity contribution in [1.82, 2.24) is 19.9 Å². The van der Waals surface area contributed by atoms with Crippen LogP contribution in [0, 0.1) is 0 Å². The molecule has 140 valence electrons. The molecule has 0 aliphatic carbocycles. The fraction of sp³-hybridized carbons (Fsp3) is 0.333. The number of nitrogens with one attached hydrogen (secondary N) is 1. The normalized spacial score (nSPS) is 14.5. The van der Waals surface area contributed by atoms with Crippen LogP contribution in [0.5, 0.6) is 0 Å². The zero-order chi connectivity index (χ0) is 18.8. The van der Waals surface area contributed by atoms with Gasteiger partial charge in [0.2, 0.25) is 10.1 Å². The Labute approximate surface area is 164 Å². The van der Waals surface area contributed by atoms with Crippen LogP contribution in [-0.4, -0.2) is 33.6 Å². The van der Waals surface area contributed by atoms with Crippen molar-refractivity contribution in [3.63, 3.8) is 0 Å². The number of hydrogen-bond acceptors (Lipinski definition) is 6. The Morgan fingerprint density at radius 3 is 2.78 bits per heavy atom. The van der Waals surface area contributed by atoms with Gasteiger partial charge in [-0.25, -0.2) is 0 Å². The molecule has 7 nitrogen and oxygen atoms in total. The Kier molecular flexibility index (Phi) is 5.09. The van der Waals surface area contributed by atoms with E-state index in [2.05, 4.69) is 20.3 Å². The first kappa shape index (κ1) is 17.9. The number of carbonyl (C=O) groups is 1. The van der Waals surface area contributed by atoms with Crippen LogP contribution in [-0.2, 0) is 6.54 Å². The van der Waals surface area contributed by atoms with E-state index in [4.69, 9.17) is 11.6 Å². The van der Waals surface area contributed by atoms with Gasteiger partial charge >= 0.3 is 0 Å². The van der Waals surface area contributed by atoms with Crippen LogP contribution < -0.4 is 15.8 Å². The standard InChI is InChI=1S/C18H18ClN5O2S/c19-13-7-3-2-6-12(13)11-20-16(26)14-10-15(25)21-17-24(14)22-18(27-17)23-8-4-1-5-9-23/h2-3,6-7,10H,1,4-5,8-9,11H2,(H,20,26). The molecule has 1 saturated heterocycles. The number of hydrogen-bond donors (Lipinski definition) is 1. The number of rotatable bonds is 4. The van der Waals surface area contributed by atoms with E-state index in [0.717, 1.165) is 36.6 Å². The maximum atomic E-state index is 12.7. The number of benzene rings is 1. The molecule has 3 aromatic rings. The summed E-state index contributed by atoms with van der Waals surface area (Å²) in [6, 6.07) is 8.51. The zero-order valence-corrected chi connectivity index (χ0v) is 16.1. The highest BCUT2D eigenvalue weighted by Gasteiger charge is 2.20. The fourth-order valence-electron chi connectivity index (χ4n) is 3.09. The molecule has 1 aliphatic rings. The third kappa shape index (κ3) is 3.81. The predicted molar refractivity (Wildman–Crippen MR) is 106 cm³/mol. The second-order valence-corrected chi connectivity index (χ2v) is 7.72. The molecule has 3 heterocycles. The SMILES string of the molecule is O=C(NCc1ccccc1Cl)c1cc(=O)nc2sc(N3CCCCC3)nn12. The molecule has 4 rings (SSSR count). The summed E-state index contributed by atoms with van der Waals surface area (Å²) in [5.41, 5.74) is 0.528. The molecule has 1 aromatic carbocycles. The van der Waals surface area contributed by atoms with Gasteiger partial charge in [-0.15, -0.1) is 5.10 Å². The Morgan fingerprint density at radius 2 is 2.00 bits per heavy atom. The smallest absolute Gasteiger partial charge is 0.274 e. The molecule has 1 amide bonds. The highest BCUT2D eigenvalue weighted by molar-refractivity contribution is 7.20. The Morgan fingerprint density at radius 1 is 1.22 bits per heavy atom. The van der Waals surface area contributed by atoms with Crippen LogP contribution in [0.4, 0.5) is 5.13 Å². The van der Waals surface area contributed by atoms with Crippen LogP contribution >= 0.6 is 22.9 Å². The molecular formula is C18H18ClN5O2S. The van der Waals surface area contributed by atoms with Gasteiger partial charge in [-0.3, -0.25) is 9.59 Å². The monoisotopic (exact) mass is 403 g/mol. The van der Waals surface area contributed by atoms with Crippen molar-refractivity contribution < 1.29 is 4.79 Å². The van der Waals surface area contributed by atoms with E-state index in [1.54, 1.807) is 6.07 Å². The summed E-state index contributed by atoms with van der Waals surface area (Å²) in [6.07, 6.45) is 3.45. The summed E-state index contributed by atoms with van der Waals surface area (Å²) in [4.78, 5) is 31.3. The Bertz CT molecular complexity index is 1040. The second-order valence-electron chi connectivity index (χ2n) is 6.38. The number of halogens is 1. The minimum absolute atomic E-state index is 0.177. The van der Waals surface area contributed by atoms with Gasteiger partial charge in [-0.2, -0.15) is 9.50 Å². The fourth-order valence-corrected chi connectivity index (χ4v) is 4.25. The van der Waals surface area contributed by atoms with Gasteiger partial charge in [-0.1, -0.05) is 41.1 Å². The number of nitrogens with zero attached hydrogens (tertiary/aromatic N) is 4. The minimum Gasteiger partial charge on any atom is -0.347 e. The third-order valence-electron chi connectivity index (χ3n) is 4.50. The number of fused-ring (bicyclic) bond motifs is 1. The van der Waals surface area contributed by atoms with Crippen molar-refractivity contribution in [2.75, 3.05) is 18.0 Å². The van der Waals surface area contributed by atoms with Crippen molar-refractivity contribution in [3.05, 3.63) is 57.0 Å². The van der Waals surface area contributed by atoms with E-state index in [1.807, 2.05) is 18.2 Å². The highest BCUT2D eigenvalue weighted by Crippen LogP contribution is 2.25. The lowest BCUT2D eigenvalue weighted by atomic mass is 10.1. The van der Waals surface area contributed by atoms with E-state index in [9.17, 15) is 9.59 Å². The van der Waals surface area contributed by atoms with Crippen LogP contribution in [0.2, 0.25) is 5.02 Å². The summed E-state index contributed by atoms with van der Waals surface area (Å²) < 4.78 is 1.46. The maximum absolute atomic E-state index is 12.7. The molecule has 0 spiro atoms. The first-order valence-corrected chi connectivity index (χ1v) is 9.99. The average Bonchev–Trinajstić information content (AvgIpc) is 3.11. The summed E-state index contributed by atoms with van der Waals surface area (Å²) in [5.74, 6) is -0.389. The van der Waals surface area contributed by atoms with Crippen molar-refractivity contribution in [2.24, 2.45) is 0 Å². The highest BCUT2D eigenvalue weighted by atomic mass is 35.5. The number of amides is 1. The van der Waals surface area contributed by atoms with Gasteiger partial charge in [0.05, 0.1) is 0 Å². The summed E-state index contributed by atoms with van der Waals surface area (Å²) >= 11 is 7.46. The van der Waals surface area contributed by atoms with Crippen molar-refractivity contribution in [2.45, 2.75) is 25.8 Å². The first-order valence-electron chi connectivity index (χ1n) is 8.79. The van der Waals surface area contributed by atoms with Crippen molar-refractivity contribution in [1.29, 1.82) is 0 Å². The molecule has 0 unspecified atom stereocenters. The van der Waals surface area contributed by atoms with Gasteiger partial charge in [0.1, 0.15) is 5.69 Å². The molecule has 2 aromatic heterocycles. The summed E-state index contributed by atoms with van der Waals surface area (Å²) in [5, 5.41) is 8.71. The zero-order valence-electron chi connectivity index (χ0n) is 14.5. The van der Waals surface area contributed by atoms with Crippen LogP contribution in [0.15, 0.2) is 35.1 Å². The van der Waals surface area contributed by atoms with Gasteiger partial charge < -0.3 is 10.2 Å². The lowest BCUT2D eigenvalue weighted by Crippen LogP contribution is -2.30. The van der Waals surface area contributed by atoms with E-state index in [-0.39, 0.29) is 18.1 Å². The van der Waals surface area contributed by atoms with E-state index in [0.29, 0.717) is 9.98 Å². The molecule has 27 heavy (non-hydrogen) atoms. The van der Waals surface area contributed by atoms with Crippen molar-refractivity contribution >= 4 is 38.9 Å². The lowest BCUT2D eigenvalue weighted by molar-refractivity contribution is 0.0943. The number of carbonyl (C=O) groups excluding carboxylic acids is 1. The van der Waals surface area contributed by atoms with E-state index >= 15 is 0 Å². The molecule has 0 saturated carbocycles. The average molecular weight is 404 g/mol. The topological polar surface area (TPSA) is 79.6 Å². The molecule has 1 N–H and O–H groups in total. The first-order chi connectivity index (χ1) is 13.1. The largest absolute Gasteiger partial charge is 0.347 e. The van der Waals surface area contributed by atoms with Gasteiger partial charge in [0.15, 0.2) is 0 Å². The minimum atomic E-state index is -0.452. The van der Waals surface area contributed by atoms with Crippen molar-refractivity contribution in [3.8, 4) is 0 Å². The van der Waals surface area contributed by atoms with Gasteiger partial charge in [0.25, 0.3) is 11.5 Å². The van der Waals surface area contributed by atoms with Crippen LogP contribution in [0.3, 0.4) is 0 Å². The third-order valence-corrected chi connectivity index (χ3v) is 5.84. The predicted octanol–water partition coefficient (Wildman–Crippen LogP) is 2.72. The van der Waals surface area contributed by atoms with E-state index in [1.165, 1.54) is 28.3 Å². The van der Waals surface area contributed by atoms with Crippen LogP contribution in [0.1, 0.15) is 35.3 Å². The quantitative estimate of drug-likeness (QED) is 0.724. The summed E-state index contributed by atoms with van der Waals surface area (Å²) in [6.45, 7) is 2.12.